The van der Waals surface area contributed by atoms with Gasteiger partial charge in [0.25, 0.3) is 0 Å². The van der Waals surface area contributed by atoms with Crippen LogP contribution in [0.4, 0.5) is 5.95 Å². The zero-order valence-electron chi connectivity index (χ0n) is 11.2. The lowest BCUT2D eigenvalue weighted by molar-refractivity contribution is -0.130. The largest absolute Gasteiger partial charge is 0.388 e. The lowest BCUT2D eigenvalue weighted by Crippen LogP contribution is -2.31. The molecule has 1 aromatic rings. The summed E-state index contributed by atoms with van der Waals surface area (Å²) in [5.74, 6) is 0.542. The number of nitrogens with two attached hydrogens (primary N) is 1. The van der Waals surface area contributed by atoms with Gasteiger partial charge in [-0.25, -0.2) is 9.97 Å². The first-order valence-corrected chi connectivity index (χ1v) is 6.63. The van der Waals surface area contributed by atoms with Crippen molar-refractivity contribution in [3.05, 3.63) is 18.0 Å². The quantitative estimate of drug-likeness (QED) is 0.719. The maximum absolute atomic E-state index is 11.8. The molecule has 0 fully saturated rings. The van der Waals surface area contributed by atoms with Gasteiger partial charge in [-0.05, 0) is 19.9 Å². The summed E-state index contributed by atoms with van der Waals surface area (Å²) in [4.78, 5) is 22.0. The minimum Gasteiger partial charge on any atom is -0.388 e. The molecule has 0 saturated heterocycles. The molecule has 0 unspecified atom stereocenters. The number of aromatic nitrogens is 2. The summed E-state index contributed by atoms with van der Waals surface area (Å²) >= 11 is 4.84. The van der Waals surface area contributed by atoms with Gasteiger partial charge in [-0.1, -0.05) is 12.2 Å². The second kappa shape index (κ2) is 7.63. The highest BCUT2D eigenvalue weighted by Crippen LogP contribution is 2.01. The number of thiocarbonyl (C=S) groups is 1. The van der Waals surface area contributed by atoms with Crippen LogP contribution >= 0.6 is 12.2 Å². The minimum absolute atomic E-state index is 0.114. The Bertz CT molecular complexity index is 448. The van der Waals surface area contributed by atoms with E-state index < -0.39 is 0 Å². The van der Waals surface area contributed by atoms with Crippen LogP contribution in [0.3, 0.4) is 0 Å². The average Bonchev–Trinajstić information content (AvgIpc) is 2.40. The van der Waals surface area contributed by atoms with Gasteiger partial charge in [0.2, 0.25) is 11.9 Å². The van der Waals surface area contributed by atoms with Crippen LogP contribution in [-0.4, -0.2) is 45.4 Å². The van der Waals surface area contributed by atoms with Crippen molar-refractivity contribution in [1.82, 2.24) is 14.9 Å². The monoisotopic (exact) mass is 281 g/mol. The lowest BCUT2D eigenvalue weighted by Gasteiger charge is -2.18. The minimum atomic E-state index is 0.114. The Hall–Kier alpha value is -1.76. The predicted molar refractivity (Wildman–Crippen MR) is 79.0 cm³/mol. The molecule has 0 aromatic carbocycles. The molecule has 19 heavy (non-hydrogen) atoms. The van der Waals surface area contributed by atoms with Crippen molar-refractivity contribution in [1.29, 1.82) is 0 Å². The van der Waals surface area contributed by atoms with E-state index in [2.05, 4.69) is 15.3 Å². The zero-order valence-corrected chi connectivity index (χ0v) is 12.0. The molecule has 0 aliphatic carbocycles. The fourth-order valence-corrected chi connectivity index (χ4v) is 1.71. The van der Waals surface area contributed by atoms with Gasteiger partial charge in [0.05, 0.1) is 0 Å². The maximum atomic E-state index is 11.8. The molecule has 0 aliphatic rings. The number of anilines is 1. The van der Waals surface area contributed by atoms with Crippen molar-refractivity contribution in [2.45, 2.75) is 20.3 Å². The molecule has 1 aromatic heterocycles. The number of nitrogens with zero attached hydrogens (tertiary/aromatic N) is 3. The Morgan fingerprint density at radius 1 is 1.47 bits per heavy atom. The number of hydrogen-bond acceptors (Lipinski definition) is 5. The fraction of sp³-hybridized carbons (Fsp3) is 0.500. The molecule has 1 heterocycles. The Kier molecular flexibility index (Phi) is 6.14. The molecule has 0 atom stereocenters. The molecule has 1 rings (SSSR count). The van der Waals surface area contributed by atoms with E-state index in [0.29, 0.717) is 24.6 Å². The molecule has 0 spiro atoms. The molecular formula is C12H19N5OS. The number of carbonyl (C=O) groups is 1. The molecule has 0 bridgehead atoms. The molecule has 104 valence electrons. The highest BCUT2D eigenvalue weighted by Gasteiger charge is 2.09. The van der Waals surface area contributed by atoms with E-state index in [1.807, 2.05) is 13.8 Å². The third-order valence-corrected chi connectivity index (χ3v) is 2.86. The van der Waals surface area contributed by atoms with Gasteiger partial charge < -0.3 is 16.0 Å². The number of nitrogens with one attached hydrogen (secondary N) is 1. The molecule has 0 aliphatic heterocycles. The summed E-state index contributed by atoms with van der Waals surface area (Å²) in [6, 6.07) is 1.65. The van der Waals surface area contributed by atoms with Gasteiger partial charge in [0, 0.05) is 32.3 Å². The number of hydrogen-bond donors (Lipinski definition) is 2. The Morgan fingerprint density at radius 2 is 2.16 bits per heavy atom. The molecule has 1 amide bonds. The van der Waals surface area contributed by atoms with Crippen molar-refractivity contribution < 1.29 is 4.79 Å². The summed E-state index contributed by atoms with van der Waals surface area (Å²) < 4.78 is 0. The molecule has 3 N–H and O–H groups in total. The van der Waals surface area contributed by atoms with Gasteiger partial charge in [0.15, 0.2) is 0 Å². The van der Waals surface area contributed by atoms with Gasteiger partial charge in [-0.3, -0.25) is 4.79 Å². The Balaban J connectivity index is 2.47. The predicted octanol–water partition coefficient (Wildman–Crippen LogP) is 0.781. The van der Waals surface area contributed by atoms with Gasteiger partial charge in [-0.2, -0.15) is 0 Å². The van der Waals surface area contributed by atoms with Crippen LogP contribution < -0.4 is 11.1 Å². The summed E-state index contributed by atoms with van der Waals surface area (Å²) in [6.45, 7) is 5.86. The Morgan fingerprint density at radius 3 is 2.74 bits per heavy atom. The zero-order chi connectivity index (χ0) is 14.3. The van der Waals surface area contributed by atoms with Crippen molar-refractivity contribution in [2.75, 3.05) is 25.0 Å². The van der Waals surface area contributed by atoms with E-state index in [1.54, 1.807) is 17.2 Å². The lowest BCUT2D eigenvalue weighted by atomic mass is 10.3. The highest BCUT2D eigenvalue weighted by atomic mass is 32.1. The summed E-state index contributed by atoms with van der Waals surface area (Å²) in [5, 5.41) is 2.99. The molecular weight excluding hydrogens is 262 g/mol. The second-order valence-corrected chi connectivity index (χ2v) is 4.31. The molecule has 0 radical (unpaired) electrons. The number of rotatable bonds is 7. The number of amides is 1. The van der Waals surface area contributed by atoms with Crippen molar-refractivity contribution in [3.63, 3.8) is 0 Å². The van der Waals surface area contributed by atoms with Gasteiger partial charge >= 0.3 is 0 Å². The van der Waals surface area contributed by atoms with Gasteiger partial charge in [0.1, 0.15) is 10.7 Å². The first-order chi connectivity index (χ1) is 9.08. The third-order valence-electron chi connectivity index (χ3n) is 2.65. The van der Waals surface area contributed by atoms with E-state index >= 15 is 0 Å². The van der Waals surface area contributed by atoms with Crippen LogP contribution in [0, 0.1) is 0 Å². The first-order valence-electron chi connectivity index (χ1n) is 6.23. The summed E-state index contributed by atoms with van der Waals surface area (Å²) in [7, 11) is 0. The van der Waals surface area contributed by atoms with Crippen molar-refractivity contribution >= 4 is 29.1 Å². The van der Waals surface area contributed by atoms with Crippen molar-refractivity contribution in [2.24, 2.45) is 5.73 Å². The topological polar surface area (TPSA) is 84.1 Å². The third kappa shape index (κ3) is 4.78. The van der Waals surface area contributed by atoms with Gasteiger partial charge in [-0.15, -0.1) is 0 Å². The van der Waals surface area contributed by atoms with Crippen LogP contribution in [0.2, 0.25) is 0 Å². The second-order valence-electron chi connectivity index (χ2n) is 3.87. The number of carbonyl (C=O) groups excluding carboxylic acids is 1. The van der Waals surface area contributed by atoms with Crippen LogP contribution in [0.5, 0.6) is 0 Å². The normalized spacial score (nSPS) is 10.0. The smallest absolute Gasteiger partial charge is 0.224 e. The van der Waals surface area contributed by atoms with E-state index in [-0.39, 0.29) is 10.9 Å². The Labute approximate surface area is 118 Å². The van der Waals surface area contributed by atoms with Crippen LogP contribution in [0.25, 0.3) is 0 Å². The standard InChI is InChI=1S/C12H19N5OS/c1-3-17(4-2)10(18)6-8-15-12-14-7-5-9(16-12)11(13)19/h5,7H,3-4,6,8H2,1-2H3,(H2,13,19)(H,14,15,16). The molecule has 6 nitrogen and oxygen atoms in total. The van der Waals surface area contributed by atoms with Crippen LogP contribution in [0.1, 0.15) is 26.0 Å². The summed E-state index contributed by atoms with van der Waals surface area (Å²) in [6.07, 6.45) is 1.98. The first kappa shape index (κ1) is 15.3. The van der Waals surface area contributed by atoms with Crippen molar-refractivity contribution in [3.8, 4) is 0 Å². The van der Waals surface area contributed by atoms with E-state index in [1.165, 1.54) is 0 Å². The van der Waals surface area contributed by atoms with Crippen LogP contribution in [0.15, 0.2) is 12.3 Å². The van der Waals surface area contributed by atoms with E-state index in [4.69, 9.17) is 18.0 Å². The average molecular weight is 281 g/mol. The van der Waals surface area contributed by atoms with E-state index in [0.717, 1.165) is 13.1 Å². The fourth-order valence-electron chi connectivity index (χ4n) is 1.60. The highest BCUT2D eigenvalue weighted by molar-refractivity contribution is 7.80. The SMILES string of the molecule is CCN(CC)C(=O)CCNc1nccc(C(N)=S)n1. The molecule has 0 saturated carbocycles. The van der Waals surface area contributed by atoms with E-state index in [9.17, 15) is 4.79 Å². The summed E-state index contributed by atoms with van der Waals surface area (Å²) in [5.41, 5.74) is 6.00. The molecule has 7 heteroatoms. The van der Waals surface area contributed by atoms with Crippen LogP contribution in [-0.2, 0) is 4.79 Å². The maximum Gasteiger partial charge on any atom is 0.224 e.